The predicted octanol–water partition coefficient (Wildman–Crippen LogP) is 2.15. The topological polar surface area (TPSA) is 35.8 Å². The molecule has 0 saturated heterocycles. The molecule has 70 valence electrons. The van der Waals surface area contributed by atoms with Gasteiger partial charge in [-0.05, 0) is 24.3 Å². The number of benzene rings is 1. The third-order valence-electron chi connectivity index (χ3n) is 2.53. The minimum Gasteiger partial charge on any atom is -0.391 e. The first-order chi connectivity index (χ1) is 6.92. The Morgan fingerprint density at radius 2 is 2.21 bits per heavy atom. The molecule has 1 unspecified atom stereocenters. The number of rotatable bonds is 1. The van der Waals surface area contributed by atoms with Crippen molar-refractivity contribution in [3.63, 3.8) is 0 Å². The van der Waals surface area contributed by atoms with E-state index in [0.717, 1.165) is 24.1 Å². The number of nitrogens with one attached hydrogen (secondary N) is 1. The summed E-state index contributed by atoms with van der Waals surface area (Å²) in [5.41, 5.74) is 1.94. The van der Waals surface area contributed by atoms with Gasteiger partial charge in [-0.3, -0.25) is 0 Å². The van der Waals surface area contributed by atoms with E-state index in [2.05, 4.69) is 17.5 Å². The van der Waals surface area contributed by atoms with Gasteiger partial charge in [-0.25, -0.2) is 0 Å². The number of hydrogen-bond donors (Lipinski definition) is 1. The molecule has 0 aliphatic carbocycles. The van der Waals surface area contributed by atoms with Crippen molar-refractivity contribution in [1.29, 1.82) is 5.26 Å². The van der Waals surface area contributed by atoms with Crippen molar-refractivity contribution < 1.29 is 0 Å². The van der Waals surface area contributed by atoms with Crippen molar-refractivity contribution in [3.05, 3.63) is 47.7 Å². The Bertz CT molecular complexity index is 388. The summed E-state index contributed by atoms with van der Waals surface area (Å²) in [4.78, 5) is 0. The van der Waals surface area contributed by atoms with Crippen LogP contribution in [0.2, 0.25) is 0 Å². The fourth-order valence-corrected chi connectivity index (χ4v) is 1.78. The van der Waals surface area contributed by atoms with Gasteiger partial charge >= 0.3 is 0 Å². The Labute approximate surface area is 83.9 Å². The van der Waals surface area contributed by atoms with Crippen LogP contribution in [0.1, 0.15) is 23.5 Å². The van der Waals surface area contributed by atoms with Gasteiger partial charge in [0.25, 0.3) is 0 Å². The van der Waals surface area contributed by atoms with Crippen LogP contribution >= 0.6 is 0 Å². The summed E-state index contributed by atoms with van der Waals surface area (Å²) in [6.07, 6.45) is 5.16. The third-order valence-corrected chi connectivity index (χ3v) is 2.53. The Balaban J connectivity index is 2.35. The van der Waals surface area contributed by atoms with Crippen LogP contribution in [-0.2, 0) is 0 Å². The molecule has 0 bridgehead atoms. The maximum absolute atomic E-state index is 8.96. The number of nitriles is 1. The quantitative estimate of drug-likeness (QED) is 0.726. The standard InChI is InChI=1S/C12H12N2/c13-9-11-3-1-2-4-12(11)10-5-7-14-8-6-10/h1-5,7,10,14H,6,8H2. The Morgan fingerprint density at radius 1 is 1.36 bits per heavy atom. The molecular weight excluding hydrogens is 172 g/mol. The van der Waals surface area contributed by atoms with Crippen molar-refractivity contribution in [3.8, 4) is 6.07 Å². The van der Waals surface area contributed by atoms with Crippen LogP contribution in [0.15, 0.2) is 36.5 Å². The van der Waals surface area contributed by atoms with E-state index in [1.165, 1.54) is 0 Å². The molecule has 1 aliphatic rings. The zero-order valence-electron chi connectivity index (χ0n) is 7.90. The minimum atomic E-state index is 0.395. The van der Waals surface area contributed by atoms with Crippen LogP contribution in [0.5, 0.6) is 0 Å². The first-order valence-corrected chi connectivity index (χ1v) is 4.81. The summed E-state index contributed by atoms with van der Waals surface area (Å²) in [5.74, 6) is 0.395. The molecule has 0 fully saturated rings. The molecular formula is C12H12N2. The normalized spacial score (nSPS) is 19.8. The second-order valence-corrected chi connectivity index (χ2v) is 3.41. The van der Waals surface area contributed by atoms with Crippen LogP contribution in [-0.4, -0.2) is 6.54 Å². The summed E-state index contributed by atoms with van der Waals surface area (Å²) in [6.45, 7) is 0.987. The maximum atomic E-state index is 8.96. The average Bonchev–Trinajstić information content (AvgIpc) is 2.30. The summed E-state index contributed by atoms with van der Waals surface area (Å²) >= 11 is 0. The second-order valence-electron chi connectivity index (χ2n) is 3.41. The highest BCUT2D eigenvalue weighted by Gasteiger charge is 2.13. The molecule has 0 spiro atoms. The van der Waals surface area contributed by atoms with Gasteiger partial charge in [-0.1, -0.05) is 24.3 Å². The van der Waals surface area contributed by atoms with E-state index in [0.29, 0.717) is 5.92 Å². The monoisotopic (exact) mass is 184 g/mol. The Morgan fingerprint density at radius 3 is 2.93 bits per heavy atom. The molecule has 0 radical (unpaired) electrons. The highest BCUT2D eigenvalue weighted by Crippen LogP contribution is 2.25. The summed E-state index contributed by atoms with van der Waals surface area (Å²) in [6, 6.07) is 10.1. The molecule has 0 aromatic heterocycles. The first-order valence-electron chi connectivity index (χ1n) is 4.81. The van der Waals surface area contributed by atoms with Gasteiger partial charge in [-0.15, -0.1) is 0 Å². The van der Waals surface area contributed by atoms with Crippen molar-refractivity contribution >= 4 is 0 Å². The van der Waals surface area contributed by atoms with Crippen molar-refractivity contribution in [2.45, 2.75) is 12.3 Å². The molecule has 1 aromatic carbocycles. The fraction of sp³-hybridized carbons (Fsp3) is 0.250. The summed E-state index contributed by atoms with van der Waals surface area (Å²) in [7, 11) is 0. The lowest BCUT2D eigenvalue weighted by atomic mass is 9.91. The molecule has 1 aliphatic heterocycles. The lowest BCUT2D eigenvalue weighted by molar-refractivity contribution is 0.656. The van der Waals surface area contributed by atoms with E-state index in [9.17, 15) is 0 Å². The van der Waals surface area contributed by atoms with E-state index in [-0.39, 0.29) is 0 Å². The Hall–Kier alpha value is -1.75. The maximum Gasteiger partial charge on any atom is 0.0994 e. The van der Waals surface area contributed by atoms with E-state index in [4.69, 9.17) is 5.26 Å². The average molecular weight is 184 g/mol. The first kappa shape index (κ1) is 8.83. The molecule has 0 amide bonds. The summed E-state index contributed by atoms with van der Waals surface area (Å²) in [5, 5.41) is 12.1. The largest absolute Gasteiger partial charge is 0.391 e. The number of nitrogens with zero attached hydrogens (tertiary/aromatic N) is 1. The van der Waals surface area contributed by atoms with Gasteiger partial charge in [-0.2, -0.15) is 5.26 Å². The molecule has 2 rings (SSSR count). The van der Waals surface area contributed by atoms with Gasteiger partial charge in [0.1, 0.15) is 0 Å². The molecule has 1 heterocycles. The predicted molar refractivity (Wildman–Crippen MR) is 55.7 cm³/mol. The lowest BCUT2D eigenvalue weighted by Crippen LogP contribution is -2.16. The molecule has 0 saturated carbocycles. The van der Waals surface area contributed by atoms with Crippen LogP contribution in [0, 0.1) is 11.3 Å². The van der Waals surface area contributed by atoms with Crippen LogP contribution < -0.4 is 5.32 Å². The van der Waals surface area contributed by atoms with E-state index in [1.54, 1.807) is 0 Å². The van der Waals surface area contributed by atoms with Crippen molar-refractivity contribution in [1.82, 2.24) is 5.32 Å². The van der Waals surface area contributed by atoms with Crippen molar-refractivity contribution in [2.24, 2.45) is 0 Å². The van der Waals surface area contributed by atoms with Gasteiger partial charge in [0.05, 0.1) is 11.6 Å². The van der Waals surface area contributed by atoms with E-state index < -0.39 is 0 Å². The molecule has 1 N–H and O–H groups in total. The van der Waals surface area contributed by atoms with Gasteiger partial charge in [0.2, 0.25) is 0 Å². The van der Waals surface area contributed by atoms with Gasteiger partial charge < -0.3 is 5.32 Å². The summed E-state index contributed by atoms with van der Waals surface area (Å²) < 4.78 is 0. The number of allylic oxidation sites excluding steroid dienone is 1. The van der Waals surface area contributed by atoms with Crippen molar-refractivity contribution in [2.75, 3.05) is 6.54 Å². The Kier molecular flexibility index (Phi) is 2.51. The fourth-order valence-electron chi connectivity index (χ4n) is 1.78. The molecule has 2 nitrogen and oxygen atoms in total. The van der Waals surface area contributed by atoms with Gasteiger partial charge in [0, 0.05) is 12.5 Å². The molecule has 1 aromatic rings. The molecule has 1 atom stereocenters. The zero-order chi connectivity index (χ0) is 9.80. The third kappa shape index (κ3) is 1.62. The molecule has 2 heteroatoms. The van der Waals surface area contributed by atoms with Crippen LogP contribution in [0.4, 0.5) is 0 Å². The van der Waals surface area contributed by atoms with Crippen LogP contribution in [0.25, 0.3) is 0 Å². The highest BCUT2D eigenvalue weighted by molar-refractivity contribution is 5.41. The SMILES string of the molecule is N#Cc1ccccc1C1C=CNCC1. The van der Waals surface area contributed by atoms with Gasteiger partial charge in [0.15, 0.2) is 0 Å². The highest BCUT2D eigenvalue weighted by atomic mass is 14.8. The lowest BCUT2D eigenvalue weighted by Gasteiger charge is -2.18. The van der Waals surface area contributed by atoms with E-state index >= 15 is 0 Å². The second kappa shape index (κ2) is 3.97. The van der Waals surface area contributed by atoms with E-state index in [1.807, 2.05) is 30.5 Å². The molecule has 14 heavy (non-hydrogen) atoms. The smallest absolute Gasteiger partial charge is 0.0994 e. The minimum absolute atomic E-state index is 0.395. The van der Waals surface area contributed by atoms with Crippen LogP contribution in [0.3, 0.4) is 0 Å². The zero-order valence-corrected chi connectivity index (χ0v) is 7.90. The number of hydrogen-bond acceptors (Lipinski definition) is 2.